The van der Waals surface area contributed by atoms with Gasteiger partial charge in [-0.2, -0.15) is 0 Å². The molecule has 4 rings (SSSR count). The molecule has 6 nitrogen and oxygen atoms in total. The fraction of sp³-hybridized carbons (Fsp3) is 0.318. The minimum atomic E-state index is -0.377. The SMILES string of the molecule is COc1c2cc(c(OC)c1O)Oc1ccc(cc1)CCC(=O)CC(OC)/C=C\2. The number of benzene rings is 2. The van der Waals surface area contributed by atoms with Crippen LogP contribution in [0.2, 0.25) is 0 Å². The van der Waals surface area contributed by atoms with E-state index in [-0.39, 0.29) is 35.6 Å². The maximum Gasteiger partial charge on any atom is 0.207 e. The van der Waals surface area contributed by atoms with Crippen molar-refractivity contribution < 1.29 is 28.8 Å². The predicted molar refractivity (Wildman–Crippen MR) is 106 cm³/mol. The van der Waals surface area contributed by atoms with Crippen LogP contribution in [0.25, 0.3) is 6.08 Å². The van der Waals surface area contributed by atoms with Crippen molar-refractivity contribution in [3.63, 3.8) is 0 Å². The lowest BCUT2D eigenvalue weighted by atomic mass is 10.0. The Kier molecular flexibility index (Phi) is 6.21. The zero-order chi connectivity index (χ0) is 20.1. The highest BCUT2D eigenvalue weighted by Gasteiger charge is 2.21. The number of carbonyl (C=O) groups excluding carboxylic acids is 1. The second kappa shape index (κ2) is 8.80. The number of methoxy groups -OCH3 is 3. The monoisotopic (exact) mass is 384 g/mol. The molecule has 1 atom stereocenters. The number of Topliss-reactive ketones (excluding diaryl/α,β-unsaturated/α-hetero) is 1. The first-order valence-electron chi connectivity index (χ1n) is 9.03. The van der Waals surface area contributed by atoms with Crippen LogP contribution in [0.4, 0.5) is 0 Å². The molecule has 6 heteroatoms. The Hall–Kier alpha value is -2.99. The van der Waals surface area contributed by atoms with Crippen LogP contribution in [0.5, 0.6) is 28.7 Å². The number of phenolic OH excluding ortho intramolecular Hbond substituents is 1. The third-order valence-electron chi connectivity index (χ3n) is 4.68. The molecule has 0 saturated heterocycles. The van der Waals surface area contributed by atoms with Crippen LogP contribution < -0.4 is 14.2 Å². The van der Waals surface area contributed by atoms with Crippen LogP contribution in [0.15, 0.2) is 36.4 Å². The van der Waals surface area contributed by atoms with Crippen LogP contribution in [-0.2, 0) is 16.0 Å². The van der Waals surface area contributed by atoms with E-state index in [9.17, 15) is 9.90 Å². The molecule has 0 aliphatic carbocycles. The predicted octanol–water partition coefficient (Wildman–Crippen LogP) is 4.14. The highest BCUT2D eigenvalue weighted by Crippen LogP contribution is 2.47. The highest BCUT2D eigenvalue weighted by atomic mass is 16.5. The lowest BCUT2D eigenvalue weighted by molar-refractivity contribution is -0.120. The molecule has 0 amide bonds. The normalized spacial score (nSPS) is 18.0. The van der Waals surface area contributed by atoms with E-state index in [1.165, 1.54) is 14.2 Å². The standard InChI is InChI=1S/C22H24O6/c1-25-18-11-7-15-12-19(22(27-3)20(24)21(15)26-2)28-17-9-5-14(6-10-17)4-8-16(23)13-18/h5-7,9-12,18,24H,4,8,13H2,1-3H3/b11-7-. The number of fused-ring (bicyclic) bond motifs is 7. The number of rotatable bonds is 3. The van der Waals surface area contributed by atoms with Crippen molar-refractivity contribution in [2.45, 2.75) is 25.4 Å². The minimum absolute atomic E-state index is 0.122. The molecular weight excluding hydrogens is 360 g/mol. The molecular formula is C22H24O6. The highest BCUT2D eigenvalue weighted by molar-refractivity contribution is 5.80. The molecule has 2 aliphatic rings. The Morgan fingerprint density at radius 2 is 1.75 bits per heavy atom. The van der Waals surface area contributed by atoms with Crippen LogP contribution in [0, 0.1) is 0 Å². The second-order valence-electron chi connectivity index (χ2n) is 6.50. The summed E-state index contributed by atoms with van der Waals surface area (Å²) in [5.41, 5.74) is 1.63. The van der Waals surface area contributed by atoms with Crippen molar-refractivity contribution in [1.82, 2.24) is 0 Å². The lowest BCUT2D eigenvalue weighted by Crippen LogP contribution is -2.14. The quantitative estimate of drug-likeness (QED) is 0.858. The molecule has 2 aliphatic heterocycles. The van der Waals surface area contributed by atoms with Gasteiger partial charge >= 0.3 is 0 Å². The van der Waals surface area contributed by atoms with Gasteiger partial charge in [-0.15, -0.1) is 0 Å². The Morgan fingerprint density at radius 1 is 1.04 bits per heavy atom. The van der Waals surface area contributed by atoms with Crippen LogP contribution in [-0.4, -0.2) is 38.3 Å². The molecule has 28 heavy (non-hydrogen) atoms. The zero-order valence-corrected chi connectivity index (χ0v) is 16.2. The zero-order valence-electron chi connectivity index (χ0n) is 16.2. The van der Waals surface area contributed by atoms with Crippen molar-refractivity contribution in [2.75, 3.05) is 21.3 Å². The summed E-state index contributed by atoms with van der Waals surface area (Å²) in [6.07, 6.45) is 4.52. The molecule has 0 radical (unpaired) electrons. The van der Waals surface area contributed by atoms with Gasteiger partial charge in [0.15, 0.2) is 11.5 Å². The summed E-state index contributed by atoms with van der Waals surface area (Å²) in [6, 6.07) is 9.22. The van der Waals surface area contributed by atoms with E-state index in [1.54, 1.807) is 25.3 Å². The number of aryl methyl sites for hydroxylation is 1. The number of aromatic hydroxyl groups is 1. The Bertz CT molecular complexity index is 870. The van der Waals surface area contributed by atoms with E-state index in [4.69, 9.17) is 18.9 Å². The number of phenols is 1. The summed E-state index contributed by atoms with van der Waals surface area (Å²) >= 11 is 0. The van der Waals surface area contributed by atoms with Crippen molar-refractivity contribution in [2.24, 2.45) is 0 Å². The van der Waals surface area contributed by atoms with Crippen LogP contribution in [0.1, 0.15) is 24.0 Å². The van der Waals surface area contributed by atoms with Crippen molar-refractivity contribution in [3.05, 3.63) is 47.5 Å². The fourth-order valence-electron chi connectivity index (χ4n) is 3.14. The molecule has 0 saturated carbocycles. The Balaban J connectivity index is 2.12. The maximum absolute atomic E-state index is 12.3. The molecule has 1 N–H and O–H groups in total. The number of hydrogen-bond donors (Lipinski definition) is 1. The van der Waals surface area contributed by atoms with Crippen molar-refractivity contribution >= 4 is 11.9 Å². The lowest BCUT2D eigenvalue weighted by Gasteiger charge is -2.16. The third-order valence-corrected chi connectivity index (χ3v) is 4.68. The van der Waals surface area contributed by atoms with Gasteiger partial charge in [-0.1, -0.05) is 24.3 Å². The maximum atomic E-state index is 12.3. The van der Waals surface area contributed by atoms with E-state index in [0.717, 1.165) is 5.56 Å². The first kappa shape index (κ1) is 19.8. The van der Waals surface area contributed by atoms with E-state index >= 15 is 0 Å². The van der Waals surface area contributed by atoms with E-state index in [0.29, 0.717) is 29.9 Å². The summed E-state index contributed by atoms with van der Waals surface area (Å²) in [4.78, 5) is 12.3. The van der Waals surface area contributed by atoms with E-state index in [1.807, 2.05) is 24.3 Å². The summed E-state index contributed by atoms with van der Waals surface area (Å²) in [5, 5.41) is 10.6. The number of hydrogen-bond acceptors (Lipinski definition) is 6. The fourth-order valence-corrected chi connectivity index (χ4v) is 3.14. The molecule has 0 fully saturated rings. The molecule has 2 aromatic rings. The Morgan fingerprint density at radius 3 is 2.39 bits per heavy atom. The van der Waals surface area contributed by atoms with Gasteiger partial charge in [-0.25, -0.2) is 0 Å². The summed E-state index contributed by atoms with van der Waals surface area (Å²) in [7, 11) is 4.48. The molecule has 148 valence electrons. The second-order valence-corrected chi connectivity index (χ2v) is 6.50. The first-order chi connectivity index (χ1) is 13.5. The van der Waals surface area contributed by atoms with Gasteiger partial charge in [0.05, 0.1) is 20.3 Å². The van der Waals surface area contributed by atoms with Gasteiger partial charge < -0.3 is 24.1 Å². The molecule has 2 aromatic carbocycles. The van der Waals surface area contributed by atoms with Crippen LogP contribution >= 0.6 is 0 Å². The molecule has 2 heterocycles. The molecule has 0 spiro atoms. The molecule has 0 aromatic heterocycles. The van der Waals surface area contributed by atoms with Crippen molar-refractivity contribution in [3.8, 4) is 28.7 Å². The van der Waals surface area contributed by atoms with Crippen molar-refractivity contribution in [1.29, 1.82) is 0 Å². The average Bonchev–Trinajstić information content (AvgIpc) is 2.70. The van der Waals surface area contributed by atoms with Gasteiger partial charge in [-0.05, 0) is 30.2 Å². The van der Waals surface area contributed by atoms with Gasteiger partial charge in [0.25, 0.3) is 0 Å². The van der Waals surface area contributed by atoms with E-state index in [2.05, 4.69) is 0 Å². The Labute approximate surface area is 164 Å². The number of ether oxygens (including phenoxy) is 4. The molecule has 4 bridgehead atoms. The summed E-state index contributed by atoms with van der Waals surface area (Å²) < 4.78 is 22.1. The van der Waals surface area contributed by atoms with Gasteiger partial charge in [0.2, 0.25) is 11.5 Å². The van der Waals surface area contributed by atoms with Gasteiger partial charge in [-0.3, -0.25) is 4.79 Å². The molecule has 1 unspecified atom stereocenters. The minimum Gasteiger partial charge on any atom is -0.502 e. The summed E-state index contributed by atoms with van der Waals surface area (Å²) in [6.45, 7) is 0. The van der Waals surface area contributed by atoms with Gasteiger partial charge in [0.1, 0.15) is 11.5 Å². The smallest absolute Gasteiger partial charge is 0.207 e. The average molecular weight is 384 g/mol. The summed E-state index contributed by atoms with van der Waals surface area (Å²) in [5.74, 6) is 1.35. The topological polar surface area (TPSA) is 74.2 Å². The largest absolute Gasteiger partial charge is 0.502 e. The number of carbonyl (C=O) groups is 1. The van der Waals surface area contributed by atoms with E-state index < -0.39 is 0 Å². The van der Waals surface area contributed by atoms with Gasteiger partial charge in [0, 0.05) is 25.5 Å². The first-order valence-corrected chi connectivity index (χ1v) is 9.03. The van der Waals surface area contributed by atoms with Crippen LogP contribution in [0.3, 0.4) is 0 Å². The number of ketones is 1. The third kappa shape index (κ3) is 4.28.